The van der Waals surface area contributed by atoms with Crippen LogP contribution in [0.15, 0.2) is 24.3 Å². The average Bonchev–Trinajstić information content (AvgIpc) is 3.13. The minimum Gasteiger partial charge on any atom is -0.508 e. The van der Waals surface area contributed by atoms with Gasteiger partial charge in [0.1, 0.15) is 5.75 Å². The van der Waals surface area contributed by atoms with E-state index in [1.54, 1.807) is 18.2 Å². The van der Waals surface area contributed by atoms with Gasteiger partial charge < -0.3 is 15.2 Å². The molecule has 2 fully saturated rings. The number of aromatic hydroxyl groups is 1. The van der Waals surface area contributed by atoms with Gasteiger partial charge in [-0.25, -0.2) is 0 Å². The Balaban J connectivity index is 1.57. The fraction of sp³-hybridized carbons (Fsp3) is 0.533. The maximum absolute atomic E-state index is 12.0. The van der Waals surface area contributed by atoms with Crippen LogP contribution in [0.3, 0.4) is 0 Å². The predicted molar refractivity (Wildman–Crippen MR) is 70.8 cm³/mol. The Morgan fingerprint density at radius 2 is 2.11 bits per heavy atom. The van der Waals surface area contributed by atoms with Gasteiger partial charge >= 0.3 is 0 Å². The van der Waals surface area contributed by atoms with Crippen molar-refractivity contribution >= 4 is 5.91 Å². The molecule has 1 saturated carbocycles. The maximum Gasteiger partial charge on any atom is 0.224 e. The highest BCUT2D eigenvalue weighted by Gasteiger charge is 2.41. The lowest BCUT2D eigenvalue weighted by atomic mass is 10.1. The van der Waals surface area contributed by atoms with E-state index in [0.29, 0.717) is 11.5 Å². The summed E-state index contributed by atoms with van der Waals surface area (Å²) >= 11 is 0. The molecule has 0 spiro atoms. The van der Waals surface area contributed by atoms with Gasteiger partial charge in [-0.1, -0.05) is 18.2 Å². The largest absolute Gasteiger partial charge is 0.508 e. The van der Waals surface area contributed by atoms with E-state index in [0.717, 1.165) is 13.0 Å². The first-order chi connectivity index (χ1) is 9.24. The normalized spacial score (nSPS) is 26.3. The number of carbonyl (C=O) groups excluding carboxylic acids is 1. The number of nitrogens with one attached hydrogen (secondary N) is 1. The van der Waals surface area contributed by atoms with Crippen LogP contribution in [0.25, 0.3) is 0 Å². The lowest BCUT2D eigenvalue weighted by Gasteiger charge is -2.19. The van der Waals surface area contributed by atoms with Gasteiger partial charge in [-0.15, -0.1) is 0 Å². The highest BCUT2D eigenvalue weighted by molar-refractivity contribution is 5.79. The molecule has 1 aromatic carbocycles. The van der Waals surface area contributed by atoms with Crippen LogP contribution in [-0.4, -0.2) is 29.8 Å². The Hall–Kier alpha value is -1.55. The number of rotatable bonds is 4. The Morgan fingerprint density at radius 1 is 1.32 bits per heavy atom. The van der Waals surface area contributed by atoms with E-state index in [4.69, 9.17) is 4.74 Å². The molecule has 0 aromatic heterocycles. The molecule has 19 heavy (non-hydrogen) atoms. The summed E-state index contributed by atoms with van der Waals surface area (Å²) in [5.74, 6) is 0.777. The molecular formula is C15H19NO3. The van der Waals surface area contributed by atoms with Gasteiger partial charge in [0.25, 0.3) is 0 Å². The molecule has 0 radical (unpaired) electrons. The van der Waals surface area contributed by atoms with Gasteiger partial charge in [-0.3, -0.25) is 4.79 Å². The third-order valence-corrected chi connectivity index (χ3v) is 3.91. The Bertz CT molecular complexity index is 470. The van der Waals surface area contributed by atoms with Crippen molar-refractivity contribution in [3.8, 4) is 5.75 Å². The molecule has 1 saturated heterocycles. The molecule has 0 bridgehead atoms. The molecule has 2 N–H and O–H groups in total. The van der Waals surface area contributed by atoms with Crippen molar-refractivity contribution in [1.29, 1.82) is 0 Å². The van der Waals surface area contributed by atoms with E-state index in [9.17, 15) is 9.90 Å². The monoisotopic (exact) mass is 261 g/mol. The molecule has 1 amide bonds. The number of hydrogen-bond donors (Lipinski definition) is 2. The second-order valence-corrected chi connectivity index (χ2v) is 5.44. The molecule has 1 aliphatic heterocycles. The number of para-hydroxylation sites is 1. The van der Waals surface area contributed by atoms with Crippen molar-refractivity contribution in [3.05, 3.63) is 29.8 Å². The molecule has 4 heteroatoms. The first-order valence-corrected chi connectivity index (χ1v) is 6.92. The number of benzene rings is 1. The fourth-order valence-corrected chi connectivity index (χ4v) is 2.75. The van der Waals surface area contributed by atoms with Crippen molar-refractivity contribution in [2.24, 2.45) is 5.92 Å². The van der Waals surface area contributed by atoms with Gasteiger partial charge in [-0.05, 0) is 31.2 Å². The summed E-state index contributed by atoms with van der Waals surface area (Å²) in [5, 5.41) is 12.7. The van der Waals surface area contributed by atoms with Crippen LogP contribution in [0.1, 0.15) is 24.8 Å². The molecule has 3 rings (SSSR count). The third-order valence-electron chi connectivity index (χ3n) is 3.91. The zero-order valence-electron chi connectivity index (χ0n) is 10.8. The van der Waals surface area contributed by atoms with Crippen molar-refractivity contribution in [1.82, 2.24) is 5.32 Å². The van der Waals surface area contributed by atoms with Gasteiger partial charge in [0.05, 0.1) is 18.6 Å². The van der Waals surface area contributed by atoms with E-state index in [1.165, 1.54) is 12.8 Å². The van der Waals surface area contributed by atoms with Crippen LogP contribution in [0.5, 0.6) is 5.75 Å². The minimum absolute atomic E-state index is 0.0392. The highest BCUT2D eigenvalue weighted by atomic mass is 16.5. The molecule has 2 aliphatic rings. The number of hydrogen-bond acceptors (Lipinski definition) is 3. The smallest absolute Gasteiger partial charge is 0.224 e. The molecule has 1 heterocycles. The summed E-state index contributed by atoms with van der Waals surface area (Å²) in [6.07, 6.45) is 3.76. The standard InChI is InChI=1S/C15H19NO3/c17-13-4-2-1-3-11(13)9-14(18)16-12-7-8-19-15(12)10-5-6-10/h1-4,10,12,15,17H,5-9H2,(H,16,18). The second kappa shape index (κ2) is 5.21. The van der Waals surface area contributed by atoms with Gasteiger partial charge in [-0.2, -0.15) is 0 Å². The van der Waals surface area contributed by atoms with Crippen LogP contribution in [0, 0.1) is 5.92 Å². The number of amides is 1. The Kier molecular flexibility index (Phi) is 3.42. The third kappa shape index (κ3) is 2.89. The fourth-order valence-electron chi connectivity index (χ4n) is 2.75. The summed E-state index contributed by atoms with van der Waals surface area (Å²) in [7, 11) is 0. The summed E-state index contributed by atoms with van der Waals surface area (Å²) < 4.78 is 5.70. The molecule has 1 aliphatic carbocycles. The van der Waals surface area contributed by atoms with Crippen LogP contribution >= 0.6 is 0 Å². The number of carbonyl (C=O) groups is 1. The first kappa shape index (κ1) is 12.5. The quantitative estimate of drug-likeness (QED) is 0.866. The van der Waals surface area contributed by atoms with E-state index in [1.807, 2.05) is 6.07 Å². The van der Waals surface area contributed by atoms with Crippen LogP contribution in [0.4, 0.5) is 0 Å². The van der Waals surface area contributed by atoms with Crippen LogP contribution in [0.2, 0.25) is 0 Å². The highest BCUT2D eigenvalue weighted by Crippen LogP contribution is 2.38. The summed E-state index contributed by atoms with van der Waals surface area (Å²) in [6, 6.07) is 7.11. The molecule has 2 unspecified atom stereocenters. The van der Waals surface area contributed by atoms with E-state index in [-0.39, 0.29) is 30.2 Å². The second-order valence-electron chi connectivity index (χ2n) is 5.44. The Labute approximate surface area is 112 Å². The predicted octanol–water partition coefficient (Wildman–Crippen LogP) is 1.62. The molecule has 4 nitrogen and oxygen atoms in total. The molecule has 102 valence electrons. The lowest BCUT2D eigenvalue weighted by Crippen LogP contribution is -2.42. The number of phenols is 1. The number of ether oxygens (including phenoxy) is 1. The van der Waals surface area contributed by atoms with Gasteiger partial charge in [0.15, 0.2) is 0 Å². The summed E-state index contributed by atoms with van der Waals surface area (Å²) in [4.78, 5) is 12.0. The SMILES string of the molecule is O=C(Cc1ccccc1O)NC1CCOC1C1CC1. The average molecular weight is 261 g/mol. The minimum atomic E-state index is -0.0392. The molecule has 1 aromatic rings. The summed E-state index contributed by atoms with van der Waals surface area (Å²) in [6.45, 7) is 0.739. The molecule has 2 atom stereocenters. The summed E-state index contributed by atoms with van der Waals surface area (Å²) in [5.41, 5.74) is 0.668. The van der Waals surface area contributed by atoms with Crippen molar-refractivity contribution in [3.63, 3.8) is 0 Å². The van der Waals surface area contributed by atoms with Crippen molar-refractivity contribution < 1.29 is 14.6 Å². The van der Waals surface area contributed by atoms with Gasteiger partial charge in [0, 0.05) is 12.2 Å². The maximum atomic E-state index is 12.0. The zero-order valence-corrected chi connectivity index (χ0v) is 10.8. The van der Waals surface area contributed by atoms with Crippen molar-refractivity contribution in [2.45, 2.75) is 37.8 Å². The molecular weight excluding hydrogens is 242 g/mol. The topological polar surface area (TPSA) is 58.6 Å². The van der Waals surface area contributed by atoms with E-state index in [2.05, 4.69) is 5.32 Å². The Morgan fingerprint density at radius 3 is 2.84 bits per heavy atom. The lowest BCUT2D eigenvalue weighted by molar-refractivity contribution is -0.121. The first-order valence-electron chi connectivity index (χ1n) is 6.92. The zero-order chi connectivity index (χ0) is 13.2. The van der Waals surface area contributed by atoms with E-state index >= 15 is 0 Å². The van der Waals surface area contributed by atoms with Crippen LogP contribution < -0.4 is 5.32 Å². The number of phenolic OH excluding ortho intramolecular Hbond substituents is 1. The van der Waals surface area contributed by atoms with E-state index < -0.39 is 0 Å². The van der Waals surface area contributed by atoms with Crippen molar-refractivity contribution in [2.75, 3.05) is 6.61 Å². The van der Waals surface area contributed by atoms with Crippen LogP contribution in [-0.2, 0) is 16.0 Å². The van der Waals surface area contributed by atoms with Gasteiger partial charge in [0.2, 0.25) is 5.91 Å².